The predicted octanol–water partition coefficient (Wildman–Crippen LogP) is 1.31. The van der Waals surface area contributed by atoms with Gasteiger partial charge < -0.3 is 9.97 Å². The first-order valence-electron chi connectivity index (χ1n) is 9.96. The number of H-pyrrole nitrogens is 2. The van der Waals surface area contributed by atoms with Crippen LogP contribution in [0.5, 0.6) is 0 Å². The van der Waals surface area contributed by atoms with Crippen LogP contribution < -0.4 is 16.8 Å². The number of imidazole rings is 1. The van der Waals surface area contributed by atoms with E-state index in [1.807, 2.05) is 13.8 Å². The van der Waals surface area contributed by atoms with Gasteiger partial charge in [-0.2, -0.15) is 5.10 Å². The summed E-state index contributed by atoms with van der Waals surface area (Å²) in [5, 5.41) is 4.30. The van der Waals surface area contributed by atoms with Crippen molar-refractivity contribution >= 4 is 11.2 Å². The molecule has 4 heterocycles. The third-order valence-electron chi connectivity index (χ3n) is 4.89. The van der Waals surface area contributed by atoms with Crippen LogP contribution in [0.15, 0.2) is 45.1 Å². The molecule has 2 N–H and O–H groups in total. The molecule has 0 saturated carbocycles. The smallest absolute Gasteiger partial charge is 0.332 e. The standard InChI is InChI=1S/C20H23N7O3/c1-3-8-26-17-15(19(29)27(9-4-2)20(26)30)23-16(24-17)14-10-22-25(12-14)11-13-6-5-7-21-18(13)28/h5-7,10,12H,3-4,8-9,11H2,1-2H3,(H,21,28)(H,23,24). The summed E-state index contributed by atoms with van der Waals surface area (Å²) in [5.41, 5.74) is 1.02. The highest BCUT2D eigenvalue weighted by atomic mass is 16.2. The molecule has 0 amide bonds. The van der Waals surface area contributed by atoms with Crippen molar-refractivity contribution in [2.24, 2.45) is 0 Å². The Hall–Kier alpha value is -3.69. The molecular formula is C20H23N7O3. The molecule has 0 bridgehead atoms. The van der Waals surface area contributed by atoms with Gasteiger partial charge in [-0.05, 0) is 18.9 Å². The molecule has 4 aromatic heterocycles. The Morgan fingerprint density at radius 3 is 2.57 bits per heavy atom. The number of pyridine rings is 1. The van der Waals surface area contributed by atoms with E-state index in [4.69, 9.17) is 0 Å². The lowest BCUT2D eigenvalue weighted by atomic mass is 10.3. The molecule has 0 aliphatic rings. The molecular weight excluding hydrogens is 386 g/mol. The second-order valence-corrected chi connectivity index (χ2v) is 7.13. The van der Waals surface area contributed by atoms with Gasteiger partial charge in [-0.3, -0.25) is 23.4 Å². The zero-order valence-electron chi connectivity index (χ0n) is 16.9. The van der Waals surface area contributed by atoms with Crippen molar-refractivity contribution in [2.75, 3.05) is 0 Å². The molecule has 30 heavy (non-hydrogen) atoms. The van der Waals surface area contributed by atoms with Crippen molar-refractivity contribution < 1.29 is 0 Å². The van der Waals surface area contributed by atoms with E-state index in [9.17, 15) is 14.4 Å². The van der Waals surface area contributed by atoms with Gasteiger partial charge >= 0.3 is 5.69 Å². The van der Waals surface area contributed by atoms with Crippen molar-refractivity contribution in [1.82, 2.24) is 33.9 Å². The Morgan fingerprint density at radius 2 is 1.83 bits per heavy atom. The summed E-state index contributed by atoms with van der Waals surface area (Å²) in [7, 11) is 0. The van der Waals surface area contributed by atoms with Crippen LogP contribution in [-0.4, -0.2) is 33.9 Å². The highest BCUT2D eigenvalue weighted by Crippen LogP contribution is 2.18. The number of hydrogen-bond acceptors (Lipinski definition) is 5. The van der Waals surface area contributed by atoms with Gasteiger partial charge in [0.2, 0.25) is 0 Å². The fraction of sp³-hybridized carbons (Fsp3) is 0.350. The van der Waals surface area contributed by atoms with Gasteiger partial charge in [0.15, 0.2) is 5.65 Å². The number of rotatable bonds is 7. The second-order valence-electron chi connectivity index (χ2n) is 7.13. The number of fused-ring (bicyclic) bond motifs is 1. The molecule has 0 atom stereocenters. The Morgan fingerprint density at radius 1 is 1.07 bits per heavy atom. The largest absolute Gasteiger partial charge is 0.332 e. The van der Waals surface area contributed by atoms with E-state index in [1.54, 1.807) is 40.0 Å². The molecule has 0 fully saturated rings. The summed E-state index contributed by atoms with van der Waals surface area (Å²) >= 11 is 0. The lowest BCUT2D eigenvalue weighted by molar-refractivity contribution is 0.555. The van der Waals surface area contributed by atoms with Crippen LogP contribution in [0.25, 0.3) is 22.6 Å². The first-order chi connectivity index (χ1) is 14.5. The fourth-order valence-corrected chi connectivity index (χ4v) is 3.48. The number of aromatic nitrogens is 7. The van der Waals surface area contributed by atoms with Crippen LogP contribution in [-0.2, 0) is 19.6 Å². The third-order valence-corrected chi connectivity index (χ3v) is 4.89. The molecule has 10 heteroatoms. The van der Waals surface area contributed by atoms with Crippen LogP contribution in [0.2, 0.25) is 0 Å². The zero-order valence-corrected chi connectivity index (χ0v) is 16.9. The number of nitrogens with zero attached hydrogens (tertiary/aromatic N) is 5. The molecule has 0 spiro atoms. The number of aryl methyl sites for hydroxylation is 1. The van der Waals surface area contributed by atoms with E-state index in [0.717, 1.165) is 6.42 Å². The lowest BCUT2D eigenvalue weighted by Gasteiger charge is -2.09. The normalized spacial score (nSPS) is 11.4. The van der Waals surface area contributed by atoms with E-state index in [0.29, 0.717) is 54.2 Å². The zero-order chi connectivity index (χ0) is 21.3. The number of hydrogen-bond donors (Lipinski definition) is 2. The minimum atomic E-state index is -0.369. The molecule has 0 radical (unpaired) electrons. The van der Waals surface area contributed by atoms with Gasteiger partial charge in [-0.25, -0.2) is 9.78 Å². The van der Waals surface area contributed by atoms with Crippen LogP contribution in [0.4, 0.5) is 0 Å². The molecule has 10 nitrogen and oxygen atoms in total. The summed E-state index contributed by atoms with van der Waals surface area (Å²) in [6.45, 7) is 5.02. The summed E-state index contributed by atoms with van der Waals surface area (Å²) in [5.74, 6) is 0.453. The monoisotopic (exact) mass is 409 g/mol. The minimum Gasteiger partial charge on any atom is -0.332 e. The summed E-state index contributed by atoms with van der Waals surface area (Å²) in [4.78, 5) is 47.8. The molecule has 4 aromatic rings. The number of aromatic amines is 2. The lowest BCUT2D eigenvalue weighted by Crippen LogP contribution is -2.40. The van der Waals surface area contributed by atoms with Gasteiger partial charge in [0.1, 0.15) is 11.3 Å². The van der Waals surface area contributed by atoms with Crippen molar-refractivity contribution in [3.05, 3.63) is 67.5 Å². The van der Waals surface area contributed by atoms with Crippen molar-refractivity contribution in [2.45, 2.75) is 46.3 Å². The third kappa shape index (κ3) is 3.40. The topological polar surface area (TPSA) is 123 Å². The Bertz CT molecular complexity index is 1370. The van der Waals surface area contributed by atoms with E-state index in [1.165, 1.54) is 4.57 Å². The Kier molecular flexibility index (Phi) is 5.21. The molecule has 0 saturated heterocycles. The van der Waals surface area contributed by atoms with Gasteiger partial charge in [0, 0.05) is 31.0 Å². The Labute approximate surface area is 170 Å². The average Bonchev–Trinajstić information content (AvgIpc) is 3.37. The van der Waals surface area contributed by atoms with Crippen LogP contribution in [0.1, 0.15) is 32.3 Å². The quantitative estimate of drug-likeness (QED) is 0.476. The molecule has 0 aromatic carbocycles. The fourth-order valence-electron chi connectivity index (χ4n) is 3.48. The van der Waals surface area contributed by atoms with E-state index in [2.05, 4.69) is 20.1 Å². The van der Waals surface area contributed by atoms with Crippen LogP contribution >= 0.6 is 0 Å². The van der Waals surface area contributed by atoms with E-state index in [-0.39, 0.29) is 16.8 Å². The summed E-state index contributed by atoms with van der Waals surface area (Å²) in [6, 6.07) is 3.50. The maximum atomic E-state index is 12.8. The van der Waals surface area contributed by atoms with E-state index < -0.39 is 0 Å². The molecule has 0 unspecified atom stereocenters. The van der Waals surface area contributed by atoms with Gasteiger partial charge in [-0.1, -0.05) is 19.9 Å². The summed E-state index contributed by atoms with van der Waals surface area (Å²) < 4.78 is 4.42. The highest BCUT2D eigenvalue weighted by Gasteiger charge is 2.18. The Balaban J connectivity index is 1.78. The first-order valence-corrected chi connectivity index (χ1v) is 9.96. The van der Waals surface area contributed by atoms with E-state index >= 15 is 0 Å². The molecule has 0 aliphatic carbocycles. The van der Waals surface area contributed by atoms with Gasteiger partial charge in [0.25, 0.3) is 11.1 Å². The maximum absolute atomic E-state index is 12.8. The molecule has 4 rings (SSSR count). The van der Waals surface area contributed by atoms with Gasteiger partial charge in [-0.15, -0.1) is 0 Å². The van der Waals surface area contributed by atoms with Crippen LogP contribution in [0, 0.1) is 0 Å². The van der Waals surface area contributed by atoms with Gasteiger partial charge in [0.05, 0.1) is 18.3 Å². The number of nitrogens with one attached hydrogen (secondary N) is 2. The van der Waals surface area contributed by atoms with Crippen molar-refractivity contribution in [3.8, 4) is 11.4 Å². The van der Waals surface area contributed by atoms with Crippen molar-refractivity contribution in [1.29, 1.82) is 0 Å². The summed E-state index contributed by atoms with van der Waals surface area (Å²) in [6.07, 6.45) is 6.36. The highest BCUT2D eigenvalue weighted by molar-refractivity contribution is 5.75. The second kappa shape index (κ2) is 7.97. The average molecular weight is 409 g/mol. The SMILES string of the molecule is CCCn1c(=O)c2[nH]c(-c3cnn(Cc4ccc[nH]c4=O)c3)nc2n(CCC)c1=O. The maximum Gasteiger partial charge on any atom is 0.332 e. The van der Waals surface area contributed by atoms with Crippen molar-refractivity contribution in [3.63, 3.8) is 0 Å². The first kappa shape index (κ1) is 19.6. The minimum absolute atomic E-state index is 0.168. The van der Waals surface area contributed by atoms with Crippen LogP contribution in [0.3, 0.4) is 0 Å². The predicted molar refractivity (Wildman–Crippen MR) is 113 cm³/mol. The molecule has 156 valence electrons. The molecule has 0 aliphatic heterocycles.